The van der Waals surface area contributed by atoms with Gasteiger partial charge in [-0.2, -0.15) is 0 Å². The highest BCUT2D eigenvalue weighted by molar-refractivity contribution is 6.21. The van der Waals surface area contributed by atoms with E-state index in [4.69, 9.17) is 4.84 Å². The van der Waals surface area contributed by atoms with Gasteiger partial charge in [0.2, 0.25) is 0 Å². The number of rotatable bonds is 7. The van der Waals surface area contributed by atoms with Gasteiger partial charge in [-0.1, -0.05) is 42.5 Å². The number of hydrogen-bond acceptors (Lipinski definition) is 5. The van der Waals surface area contributed by atoms with Crippen molar-refractivity contribution in [2.24, 2.45) is 0 Å². The molecule has 1 atom stereocenters. The van der Waals surface area contributed by atoms with E-state index >= 15 is 0 Å². The Kier molecular flexibility index (Phi) is 4.74. The summed E-state index contributed by atoms with van der Waals surface area (Å²) in [6.45, 7) is 0.191. The van der Waals surface area contributed by atoms with E-state index < -0.39 is 11.2 Å². The Bertz CT molecular complexity index is 771. The van der Waals surface area contributed by atoms with E-state index in [0.29, 0.717) is 29.5 Å². The van der Waals surface area contributed by atoms with Crippen molar-refractivity contribution >= 4 is 11.8 Å². The zero-order valence-corrected chi connectivity index (χ0v) is 13.3. The van der Waals surface area contributed by atoms with E-state index in [1.54, 1.807) is 48.5 Å². The van der Waals surface area contributed by atoms with E-state index in [1.807, 2.05) is 6.07 Å². The van der Waals surface area contributed by atoms with Crippen LogP contribution in [0.1, 0.15) is 45.2 Å². The Morgan fingerprint density at radius 3 is 2.08 bits per heavy atom. The molecular weight excluding hydrogens is 324 g/mol. The van der Waals surface area contributed by atoms with Gasteiger partial charge in [0.05, 0.1) is 11.1 Å². The summed E-state index contributed by atoms with van der Waals surface area (Å²) in [6, 6.07) is 15.5. The minimum atomic E-state index is -0.820. The number of amides is 2. The number of hydrogen-bond donors (Lipinski definition) is 0. The van der Waals surface area contributed by atoms with Gasteiger partial charge in [-0.05, 0) is 30.5 Å². The summed E-state index contributed by atoms with van der Waals surface area (Å²) in [5, 5.41) is 9.90. The molecule has 0 fully saturated rings. The van der Waals surface area contributed by atoms with Gasteiger partial charge in [0, 0.05) is 6.54 Å². The summed E-state index contributed by atoms with van der Waals surface area (Å²) >= 11 is 0. The molecular formula is C18H16N2O5. The lowest BCUT2D eigenvalue weighted by molar-refractivity contribution is -0.771. The molecule has 1 unspecified atom stereocenters. The fourth-order valence-corrected chi connectivity index (χ4v) is 2.93. The van der Waals surface area contributed by atoms with Gasteiger partial charge in [-0.15, -0.1) is 10.1 Å². The van der Waals surface area contributed by atoms with Crippen molar-refractivity contribution in [2.75, 3.05) is 6.54 Å². The summed E-state index contributed by atoms with van der Waals surface area (Å²) in [4.78, 5) is 41.2. The second kappa shape index (κ2) is 7.12. The molecule has 1 heterocycles. The maximum absolute atomic E-state index is 12.3. The molecule has 7 heteroatoms. The van der Waals surface area contributed by atoms with Crippen LogP contribution in [-0.2, 0) is 4.84 Å². The average molecular weight is 340 g/mol. The first-order valence-electron chi connectivity index (χ1n) is 7.89. The third-order valence-electron chi connectivity index (χ3n) is 4.11. The van der Waals surface area contributed by atoms with Crippen molar-refractivity contribution in [2.45, 2.75) is 18.9 Å². The van der Waals surface area contributed by atoms with E-state index in [2.05, 4.69) is 0 Å². The quantitative estimate of drug-likeness (QED) is 0.439. The molecule has 2 aromatic rings. The number of carbonyl (C=O) groups is 2. The maximum atomic E-state index is 12.3. The van der Waals surface area contributed by atoms with Gasteiger partial charge < -0.3 is 4.84 Å². The van der Waals surface area contributed by atoms with Gasteiger partial charge in [-0.3, -0.25) is 14.5 Å². The first-order valence-corrected chi connectivity index (χ1v) is 7.89. The Morgan fingerprint density at radius 2 is 1.52 bits per heavy atom. The molecule has 1 aliphatic heterocycles. The van der Waals surface area contributed by atoms with Crippen LogP contribution in [0.2, 0.25) is 0 Å². The minimum absolute atomic E-state index is 0.191. The summed E-state index contributed by atoms with van der Waals surface area (Å²) in [5.74, 6) is -0.654. The topological polar surface area (TPSA) is 89.8 Å². The molecule has 0 N–H and O–H groups in total. The monoisotopic (exact) mass is 340 g/mol. The molecule has 0 bridgehead atoms. The normalized spacial score (nSPS) is 14.3. The van der Waals surface area contributed by atoms with Crippen LogP contribution < -0.4 is 0 Å². The van der Waals surface area contributed by atoms with Crippen LogP contribution in [-0.4, -0.2) is 28.3 Å². The SMILES string of the molecule is O=C1c2ccccc2C(=O)N1CCCC(O[N+](=O)[O-])c1ccccc1. The van der Waals surface area contributed by atoms with Gasteiger partial charge >= 0.3 is 0 Å². The van der Waals surface area contributed by atoms with Crippen LogP contribution in [0.4, 0.5) is 0 Å². The largest absolute Gasteiger partial charge is 0.306 e. The molecule has 7 nitrogen and oxygen atoms in total. The van der Waals surface area contributed by atoms with Crippen LogP contribution in [0.25, 0.3) is 0 Å². The van der Waals surface area contributed by atoms with E-state index in [-0.39, 0.29) is 18.4 Å². The van der Waals surface area contributed by atoms with Crippen molar-refractivity contribution in [3.8, 4) is 0 Å². The minimum Gasteiger partial charge on any atom is -0.306 e. The highest BCUT2D eigenvalue weighted by Crippen LogP contribution is 2.26. The molecule has 0 aromatic heterocycles. The zero-order valence-electron chi connectivity index (χ0n) is 13.3. The maximum Gasteiger partial charge on any atom is 0.295 e. The average Bonchev–Trinajstić information content (AvgIpc) is 2.86. The number of nitrogens with zero attached hydrogens (tertiary/aromatic N) is 2. The molecule has 0 spiro atoms. The second-order valence-corrected chi connectivity index (χ2v) is 5.68. The Balaban J connectivity index is 1.64. The summed E-state index contributed by atoms with van der Waals surface area (Å²) in [5.41, 5.74) is 1.48. The predicted octanol–water partition coefficient (Wildman–Crippen LogP) is 3.01. The molecule has 0 saturated carbocycles. The fourth-order valence-electron chi connectivity index (χ4n) is 2.93. The first kappa shape index (κ1) is 16.6. The molecule has 1 aliphatic rings. The van der Waals surface area contributed by atoms with Crippen molar-refractivity contribution in [3.05, 3.63) is 81.4 Å². The van der Waals surface area contributed by atoms with Gasteiger partial charge in [-0.25, -0.2) is 0 Å². The smallest absolute Gasteiger partial charge is 0.295 e. The van der Waals surface area contributed by atoms with Crippen LogP contribution >= 0.6 is 0 Å². The van der Waals surface area contributed by atoms with Crippen molar-refractivity contribution in [1.29, 1.82) is 0 Å². The number of benzene rings is 2. The predicted molar refractivity (Wildman–Crippen MR) is 88.3 cm³/mol. The van der Waals surface area contributed by atoms with Gasteiger partial charge in [0.1, 0.15) is 6.10 Å². The third kappa shape index (κ3) is 3.50. The van der Waals surface area contributed by atoms with Crippen LogP contribution in [0.5, 0.6) is 0 Å². The van der Waals surface area contributed by atoms with E-state index in [1.165, 1.54) is 4.90 Å². The lowest BCUT2D eigenvalue weighted by Gasteiger charge is -2.18. The second-order valence-electron chi connectivity index (χ2n) is 5.68. The van der Waals surface area contributed by atoms with Crippen LogP contribution in [0, 0.1) is 10.1 Å². The van der Waals surface area contributed by atoms with Gasteiger partial charge in [0.15, 0.2) is 0 Å². The van der Waals surface area contributed by atoms with Crippen molar-refractivity contribution in [1.82, 2.24) is 4.90 Å². The molecule has 25 heavy (non-hydrogen) atoms. The van der Waals surface area contributed by atoms with E-state index in [9.17, 15) is 19.7 Å². The Labute approximate surface area is 143 Å². The summed E-state index contributed by atoms with van der Waals surface area (Å²) < 4.78 is 0. The van der Waals surface area contributed by atoms with Crippen LogP contribution in [0.3, 0.4) is 0 Å². The molecule has 2 aromatic carbocycles. The summed E-state index contributed by atoms with van der Waals surface area (Å²) in [7, 11) is 0. The Hall–Kier alpha value is -3.22. The van der Waals surface area contributed by atoms with Gasteiger partial charge in [0.25, 0.3) is 16.9 Å². The highest BCUT2D eigenvalue weighted by atomic mass is 17.0. The van der Waals surface area contributed by atoms with E-state index in [0.717, 1.165) is 0 Å². The first-order chi connectivity index (χ1) is 12.1. The fraction of sp³-hybridized carbons (Fsp3) is 0.222. The lowest BCUT2D eigenvalue weighted by atomic mass is 10.0. The third-order valence-corrected chi connectivity index (χ3v) is 4.11. The molecule has 3 rings (SSSR count). The number of carbonyl (C=O) groups excluding carboxylic acids is 2. The Morgan fingerprint density at radius 1 is 0.960 bits per heavy atom. The lowest BCUT2D eigenvalue weighted by Crippen LogP contribution is -2.31. The standard InChI is InChI=1S/C18H16N2O5/c21-17-14-9-4-5-10-15(14)18(22)19(17)12-6-11-16(25-20(23)24)13-7-2-1-3-8-13/h1-5,7-10,16H,6,11-12H2. The number of imide groups is 1. The molecule has 2 amide bonds. The number of fused-ring (bicyclic) bond motifs is 1. The summed E-state index contributed by atoms with van der Waals surface area (Å²) in [6.07, 6.45) is -0.0107. The van der Waals surface area contributed by atoms with Crippen molar-refractivity contribution in [3.63, 3.8) is 0 Å². The zero-order chi connectivity index (χ0) is 17.8. The molecule has 0 radical (unpaired) electrons. The van der Waals surface area contributed by atoms with Crippen molar-refractivity contribution < 1.29 is 19.5 Å². The molecule has 0 saturated heterocycles. The molecule has 0 aliphatic carbocycles. The molecule has 128 valence electrons. The van der Waals surface area contributed by atoms with Crippen LogP contribution in [0.15, 0.2) is 54.6 Å². The highest BCUT2D eigenvalue weighted by Gasteiger charge is 2.34.